The summed E-state index contributed by atoms with van der Waals surface area (Å²) in [5.41, 5.74) is -6.53. The molecule has 1 aromatic heterocycles. The third-order valence-electron chi connectivity index (χ3n) is 5.55. The molecule has 11 heteroatoms. The SMILES string of the molecule is O=c1c2ccccc2nc(Cc2ccccc2O)n1-c1ccc(C(O)(C(F)(F)F)C(F)(F)F)cc1. The van der Waals surface area contributed by atoms with Crippen LogP contribution in [0.2, 0.25) is 0 Å². The second-order valence-electron chi connectivity index (χ2n) is 7.74. The van der Waals surface area contributed by atoms with Crippen LogP contribution in [-0.4, -0.2) is 32.1 Å². The van der Waals surface area contributed by atoms with Gasteiger partial charge in [0.05, 0.1) is 16.6 Å². The number of alkyl halides is 6. The summed E-state index contributed by atoms with van der Waals surface area (Å²) in [4.78, 5) is 17.7. The number of hydrogen-bond acceptors (Lipinski definition) is 4. The first-order valence-electron chi connectivity index (χ1n) is 10.1. The Hall–Kier alpha value is -3.86. The fourth-order valence-corrected chi connectivity index (χ4v) is 3.73. The number of aliphatic hydroxyl groups is 1. The topological polar surface area (TPSA) is 75.3 Å². The number of hydrogen-bond donors (Lipinski definition) is 2. The van der Waals surface area contributed by atoms with Crippen molar-refractivity contribution in [2.75, 3.05) is 0 Å². The number of nitrogens with zero attached hydrogens (tertiary/aromatic N) is 2. The van der Waals surface area contributed by atoms with E-state index in [1.54, 1.807) is 36.4 Å². The Bertz CT molecular complexity index is 1430. The minimum atomic E-state index is -6.04. The van der Waals surface area contributed by atoms with Crippen LogP contribution in [0.3, 0.4) is 0 Å². The summed E-state index contributed by atoms with van der Waals surface area (Å²) in [6, 6.07) is 15.2. The molecule has 0 saturated carbocycles. The van der Waals surface area contributed by atoms with Gasteiger partial charge in [0.15, 0.2) is 0 Å². The summed E-state index contributed by atoms with van der Waals surface area (Å²) in [6.07, 6.45) is -12.1. The minimum Gasteiger partial charge on any atom is -0.508 e. The van der Waals surface area contributed by atoms with Crippen molar-refractivity contribution in [3.05, 3.63) is 100 Å². The summed E-state index contributed by atoms with van der Waals surface area (Å²) in [5, 5.41) is 19.9. The Labute approximate surface area is 193 Å². The predicted octanol–water partition coefficient (Wildman–Crippen LogP) is 4.99. The van der Waals surface area contributed by atoms with E-state index < -0.39 is 29.1 Å². The molecule has 0 bridgehead atoms. The van der Waals surface area contributed by atoms with E-state index in [0.717, 1.165) is 16.7 Å². The van der Waals surface area contributed by atoms with Gasteiger partial charge in [-0.2, -0.15) is 26.3 Å². The second-order valence-corrected chi connectivity index (χ2v) is 7.74. The number of rotatable bonds is 4. The highest BCUT2D eigenvalue weighted by molar-refractivity contribution is 5.78. The van der Waals surface area contributed by atoms with E-state index in [-0.39, 0.29) is 29.1 Å². The van der Waals surface area contributed by atoms with Crippen LogP contribution in [0.15, 0.2) is 77.6 Å². The number of phenols is 1. The van der Waals surface area contributed by atoms with Gasteiger partial charge in [-0.05, 0) is 30.3 Å². The van der Waals surface area contributed by atoms with E-state index in [9.17, 15) is 41.4 Å². The van der Waals surface area contributed by atoms with Gasteiger partial charge in [-0.15, -0.1) is 0 Å². The highest BCUT2D eigenvalue weighted by Gasteiger charge is 2.71. The molecule has 4 rings (SSSR count). The van der Waals surface area contributed by atoms with Crippen molar-refractivity contribution in [2.45, 2.75) is 24.4 Å². The molecule has 0 atom stereocenters. The second kappa shape index (κ2) is 8.42. The first-order chi connectivity index (χ1) is 16.3. The molecule has 1 heterocycles. The van der Waals surface area contributed by atoms with Crippen LogP contribution in [0.25, 0.3) is 16.6 Å². The average Bonchev–Trinajstić information content (AvgIpc) is 2.79. The fourth-order valence-electron chi connectivity index (χ4n) is 3.73. The first-order valence-corrected chi connectivity index (χ1v) is 10.1. The molecule has 4 aromatic rings. The highest BCUT2D eigenvalue weighted by atomic mass is 19.4. The van der Waals surface area contributed by atoms with Gasteiger partial charge in [-0.25, -0.2) is 4.98 Å². The lowest BCUT2D eigenvalue weighted by molar-refractivity contribution is -0.376. The van der Waals surface area contributed by atoms with Crippen LogP contribution in [0.5, 0.6) is 5.75 Å². The van der Waals surface area contributed by atoms with Gasteiger partial charge in [0, 0.05) is 17.5 Å². The lowest BCUT2D eigenvalue weighted by Crippen LogP contribution is -2.53. The van der Waals surface area contributed by atoms with Crippen molar-refractivity contribution in [1.29, 1.82) is 0 Å². The molecule has 0 aliphatic heterocycles. The Balaban J connectivity index is 1.90. The van der Waals surface area contributed by atoms with Gasteiger partial charge in [0.2, 0.25) is 0 Å². The first kappa shape index (κ1) is 24.3. The molecule has 0 unspecified atom stereocenters. The minimum absolute atomic E-state index is 0.0659. The van der Waals surface area contributed by atoms with E-state index in [1.165, 1.54) is 12.1 Å². The molecule has 0 spiro atoms. The lowest BCUT2D eigenvalue weighted by atomic mass is 9.92. The number of aromatic nitrogens is 2. The summed E-state index contributed by atoms with van der Waals surface area (Å²) in [6.45, 7) is 0. The molecule has 0 aliphatic rings. The molecule has 182 valence electrons. The van der Waals surface area contributed by atoms with E-state index in [1.807, 2.05) is 0 Å². The van der Waals surface area contributed by atoms with Crippen LogP contribution < -0.4 is 5.56 Å². The summed E-state index contributed by atoms with van der Waals surface area (Å²) in [5.74, 6) is 0.00192. The van der Waals surface area contributed by atoms with E-state index in [2.05, 4.69) is 4.98 Å². The number of aromatic hydroxyl groups is 1. The number of benzene rings is 3. The molecule has 0 saturated heterocycles. The quantitative estimate of drug-likeness (QED) is 0.392. The van der Waals surface area contributed by atoms with Crippen LogP contribution in [-0.2, 0) is 12.0 Å². The van der Waals surface area contributed by atoms with Gasteiger partial charge in [-0.1, -0.05) is 42.5 Å². The predicted molar refractivity (Wildman–Crippen MR) is 114 cm³/mol. The lowest BCUT2D eigenvalue weighted by Gasteiger charge is -2.32. The largest absolute Gasteiger partial charge is 0.508 e. The molecule has 2 N–H and O–H groups in total. The molecule has 0 fully saturated rings. The zero-order chi connectivity index (χ0) is 25.6. The van der Waals surface area contributed by atoms with Crippen molar-refractivity contribution < 1.29 is 36.6 Å². The highest BCUT2D eigenvalue weighted by Crippen LogP contribution is 2.50. The van der Waals surface area contributed by atoms with Crippen molar-refractivity contribution in [1.82, 2.24) is 9.55 Å². The zero-order valence-corrected chi connectivity index (χ0v) is 17.6. The standard InChI is InChI=1S/C24H16F6N2O3/c25-23(26,27)22(35,24(28,29)30)15-9-11-16(12-10-15)32-20(13-14-5-1-4-8-19(14)33)31-18-7-3-2-6-17(18)21(32)34/h1-12,33,35H,13H2. The third-order valence-corrected chi connectivity index (χ3v) is 5.55. The molecule has 5 nitrogen and oxygen atoms in total. The number of para-hydroxylation sites is 2. The number of phenolic OH excluding ortho intramolecular Hbond substituents is 1. The Morgan fingerprint density at radius 2 is 1.37 bits per heavy atom. The normalized spacial score (nSPS) is 12.8. The van der Waals surface area contributed by atoms with Crippen molar-refractivity contribution in [2.24, 2.45) is 0 Å². The third kappa shape index (κ3) is 4.12. The monoisotopic (exact) mass is 494 g/mol. The molecule has 0 radical (unpaired) electrons. The smallest absolute Gasteiger partial charge is 0.430 e. The summed E-state index contributed by atoms with van der Waals surface area (Å²) < 4.78 is 80.4. The van der Waals surface area contributed by atoms with Gasteiger partial charge in [0.25, 0.3) is 11.2 Å². The van der Waals surface area contributed by atoms with Crippen LogP contribution >= 0.6 is 0 Å². The van der Waals surface area contributed by atoms with Gasteiger partial charge >= 0.3 is 12.4 Å². The zero-order valence-electron chi connectivity index (χ0n) is 17.6. The Morgan fingerprint density at radius 3 is 1.97 bits per heavy atom. The van der Waals surface area contributed by atoms with Crippen LogP contribution in [0.4, 0.5) is 26.3 Å². The molecule has 0 amide bonds. The van der Waals surface area contributed by atoms with Crippen LogP contribution in [0, 0.1) is 0 Å². The van der Waals surface area contributed by atoms with Gasteiger partial charge in [-0.3, -0.25) is 9.36 Å². The van der Waals surface area contributed by atoms with E-state index >= 15 is 0 Å². The number of fused-ring (bicyclic) bond motifs is 1. The maximum Gasteiger partial charge on any atom is 0.430 e. The maximum absolute atomic E-state index is 13.3. The van der Waals surface area contributed by atoms with Crippen molar-refractivity contribution in [3.8, 4) is 11.4 Å². The summed E-state index contributed by atoms with van der Waals surface area (Å²) >= 11 is 0. The van der Waals surface area contributed by atoms with Crippen LogP contribution in [0.1, 0.15) is 17.0 Å². The van der Waals surface area contributed by atoms with E-state index in [0.29, 0.717) is 23.2 Å². The molecular weight excluding hydrogens is 478 g/mol. The van der Waals surface area contributed by atoms with Gasteiger partial charge < -0.3 is 10.2 Å². The number of halogens is 6. The van der Waals surface area contributed by atoms with Crippen molar-refractivity contribution in [3.63, 3.8) is 0 Å². The molecule has 3 aromatic carbocycles. The molecule has 35 heavy (non-hydrogen) atoms. The van der Waals surface area contributed by atoms with E-state index in [4.69, 9.17) is 0 Å². The fraction of sp³-hybridized carbons (Fsp3) is 0.167. The Morgan fingerprint density at radius 1 is 0.800 bits per heavy atom. The molecule has 0 aliphatic carbocycles. The average molecular weight is 494 g/mol. The maximum atomic E-state index is 13.3. The summed E-state index contributed by atoms with van der Waals surface area (Å²) in [7, 11) is 0. The Kier molecular flexibility index (Phi) is 5.84. The van der Waals surface area contributed by atoms with Crippen molar-refractivity contribution >= 4 is 10.9 Å². The molecular formula is C24H16F6N2O3. The van der Waals surface area contributed by atoms with Gasteiger partial charge in [0.1, 0.15) is 11.6 Å².